The highest BCUT2D eigenvalue weighted by Crippen LogP contribution is 2.21. The van der Waals surface area contributed by atoms with Crippen molar-refractivity contribution in [3.05, 3.63) is 45.7 Å². The maximum absolute atomic E-state index is 4.52. The van der Waals surface area contributed by atoms with Gasteiger partial charge in [0, 0.05) is 22.3 Å². The lowest BCUT2D eigenvalue weighted by molar-refractivity contribution is 0.672. The van der Waals surface area contributed by atoms with E-state index in [1.54, 1.807) is 0 Å². The Hall–Kier alpha value is -1.13. The Morgan fingerprint density at radius 2 is 2.11 bits per heavy atom. The van der Waals surface area contributed by atoms with Gasteiger partial charge in [0.25, 0.3) is 0 Å². The number of nitrogens with zero attached hydrogens (tertiary/aromatic N) is 2. The number of hydrogen-bond acceptors (Lipinski definition) is 2. The summed E-state index contributed by atoms with van der Waals surface area (Å²) >= 11 is 3.50. The fourth-order valence-corrected chi connectivity index (χ4v) is 2.59. The van der Waals surface area contributed by atoms with Gasteiger partial charge in [-0.25, -0.2) is 4.68 Å². The Balaban J connectivity index is 2.26. The maximum Gasteiger partial charge on any atom is 0.0678 e. The van der Waals surface area contributed by atoms with Gasteiger partial charge in [0.2, 0.25) is 0 Å². The molecule has 0 unspecified atom stereocenters. The molecule has 1 N–H and O–H groups in total. The first-order valence-corrected chi connectivity index (χ1v) is 7.43. The van der Waals surface area contributed by atoms with E-state index in [-0.39, 0.29) is 0 Å². The topological polar surface area (TPSA) is 29.9 Å². The molecule has 0 radical (unpaired) electrons. The summed E-state index contributed by atoms with van der Waals surface area (Å²) in [4.78, 5) is 0. The minimum Gasteiger partial charge on any atom is -0.313 e. The second-order valence-corrected chi connectivity index (χ2v) is 5.69. The fraction of sp³-hybridized carbons (Fsp3) is 0.400. The highest BCUT2D eigenvalue weighted by Gasteiger charge is 2.09. The molecule has 0 spiro atoms. The minimum absolute atomic E-state index is 0.884. The summed E-state index contributed by atoms with van der Waals surface area (Å²) in [6.07, 6.45) is 3.11. The molecular formula is C15H20BrN3. The average molecular weight is 322 g/mol. The van der Waals surface area contributed by atoms with E-state index >= 15 is 0 Å². The predicted molar refractivity (Wildman–Crippen MR) is 82.7 cm³/mol. The van der Waals surface area contributed by atoms with Gasteiger partial charge in [0.1, 0.15) is 0 Å². The van der Waals surface area contributed by atoms with E-state index in [0.717, 1.165) is 29.7 Å². The van der Waals surface area contributed by atoms with Gasteiger partial charge in [-0.15, -0.1) is 0 Å². The normalized spacial score (nSPS) is 10.9. The van der Waals surface area contributed by atoms with Crippen molar-refractivity contribution in [1.82, 2.24) is 15.1 Å². The standard InChI is InChI=1S/C15H20BrN3/c1-4-7-17-9-13-10-18-19(12(13)3)15-6-5-14(16)8-11(15)2/h5-6,8,10,17H,4,7,9H2,1-3H3. The lowest BCUT2D eigenvalue weighted by atomic mass is 10.2. The Bertz CT molecular complexity index is 561. The second-order valence-electron chi connectivity index (χ2n) is 4.77. The molecule has 2 rings (SSSR count). The van der Waals surface area contributed by atoms with Crippen LogP contribution in [0, 0.1) is 13.8 Å². The van der Waals surface area contributed by atoms with Gasteiger partial charge in [-0.1, -0.05) is 22.9 Å². The van der Waals surface area contributed by atoms with Crippen molar-refractivity contribution >= 4 is 15.9 Å². The van der Waals surface area contributed by atoms with Crippen LogP contribution < -0.4 is 5.32 Å². The molecule has 102 valence electrons. The van der Waals surface area contributed by atoms with Crippen molar-refractivity contribution in [2.24, 2.45) is 0 Å². The summed E-state index contributed by atoms with van der Waals surface area (Å²) in [5.74, 6) is 0. The van der Waals surface area contributed by atoms with Crippen LogP contribution in [0.15, 0.2) is 28.9 Å². The smallest absolute Gasteiger partial charge is 0.0678 e. The SMILES string of the molecule is CCCNCc1cnn(-c2ccc(Br)cc2C)c1C. The summed E-state index contributed by atoms with van der Waals surface area (Å²) in [7, 11) is 0. The number of aromatic nitrogens is 2. The van der Waals surface area contributed by atoms with Crippen LogP contribution in [0.1, 0.15) is 30.2 Å². The van der Waals surface area contributed by atoms with Crippen molar-refractivity contribution in [2.45, 2.75) is 33.7 Å². The Labute approximate surface area is 123 Å². The van der Waals surface area contributed by atoms with Gasteiger partial charge in [0.15, 0.2) is 0 Å². The molecule has 4 heteroatoms. The summed E-state index contributed by atoms with van der Waals surface area (Å²) in [6.45, 7) is 8.33. The third kappa shape index (κ3) is 3.25. The molecule has 0 aliphatic heterocycles. The molecule has 0 saturated carbocycles. The van der Waals surface area contributed by atoms with E-state index in [0.29, 0.717) is 0 Å². The molecule has 0 amide bonds. The highest BCUT2D eigenvalue weighted by atomic mass is 79.9. The molecule has 1 heterocycles. The van der Waals surface area contributed by atoms with Gasteiger partial charge in [-0.2, -0.15) is 5.10 Å². The van der Waals surface area contributed by atoms with Crippen LogP contribution in [0.3, 0.4) is 0 Å². The van der Waals surface area contributed by atoms with Crippen molar-refractivity contribution in [3.8, 4) is 5.69 Å². The summed E-state index contributed by atoms with van der Waals surface area (Å²) < 4.78 is 3.12. The number of benzene rings is 1. The minimum atomic E-state index is 0.884. The molecular weight excluding hydrogens is 302 g/mol. The lowest BCUT2D eigenvalue weighted by Crippen LogP contribution is -2.14. The van der Waals surface area contributed by atoms with Gasteiger partial charge in [-0.05, 0) is 50.6 Å². The first-order valence-electron chi connectivity index (χ1n) is 6.64. The molecule has 1 aromatic heterocycles. The van der Waals surface area contributed by atoms with Crippen LogP contribution in [-0.4, -0.2) is 16.3 Å². The van der Waals surface area contributed by atoms with Gasteiger partial charge in [-0.3, -0.25) is 0 Å². The van der Waals surface area contributed by atoms with Crippen molar-refractivity contribution in [1.29, 1.82) is 0 Å². The van der Waals surface area contributed by atoms with Crippen LogP contribution in [0.25, 0.3) is 5.69 Å². The van der Waals surface area contributed by atoms with E-state index in [9.17, 15) is 0 Å². The summed E-state index contributed by atoms with van der Waals surface area (Å²) in [5, 5.41) is 7.94. The first kappa shape index (κ1) is 14.3. The molecule has 0 saturated heterocycles. The van der Waals surface area contributed by atoms with E-state index in [1.165, 1.54) is 16.8 Å². The molecule has 0 aliphatic carbocycles. The molecule has 2 aromatic rings. The van der Waals surface area contributed by atoms with Gasteiger partial charge >= 0.3 is 0 Å². The number of nitrogens with one attached hydrogen (secondary N) is 1. The quantitative estimate of drug-likeness (QED) is 0.850. The first-order chi connectivity index (χ1) is 9.13. The maximum atomic E-state index is 4.52. The van der Waals surface area contributed by atoms with Gasteiger partial charge < -0.3 is 5.32 Å². The van der Waals surface area contributed by atoms with Crippen molar-refractivity contribution in [3.63, 3.8) is 0 Å². The monoisotopic (exact) mass is 321 g/mol. The zero-order valence-electron chi connectivity index (χ0n) is 11.7. The lowest BCUT2D eigenvalue weighted by Gasteiger charge is -2.09. The van der Waals surface area contributed by atoms with Crippen molar-refractivity contribution in [2.75, 3.05) is 6.54 Å². The van der Waals surface area contributed by atoms with E-state index in [4.69, 9.17) is 0 Å². The van der Waals surface area contributed by atoms with Crippen LogP contribution in [-0.2, 0) is 6.54 Å². The number of aryl methyl sites for hydroxylation is 1. The predicted octanol–water partition coefficient (Wildman–Crippen LogP) is 3.75. The zero-order valence-corrected chi connectivity index (χ0v) is 13.3. The third-order valence-corrected chi connectivity index (χ3v) is 3.73. The van der Waals surface area contributed by atoms with E-state index in [1.807, 2.05) is 10.9 Å². The number of rotatable bonds is 5. The zero-order chi connectivity index (χ0) is 13.8. The van der Waals surface area contributed by atoms with Crippen molar-refractivity contribution < 1.29 is 0 Å². The van der Waals surface area contributed by atoms with Crippen LogP contribution >= 0.6 is 15.9 Å². The van der Waals surface area contributed by atoms with Crippen LogP contribution in [0.2, 0.25) is 0 Å². The number of hydrogen-bond donors (Lipinski definition) is 1. The van der Waals surface area contributed by atoms with Gasteiger partial charge in [0.05, 0.1) is 11.9 Å². The van der Waals surface area contributed by atoms with E-state index < -0.39 is 0 Å². The highest BCUT2D eigenvalue weighted by molar-refractivity contribution is 9.10. The molecule has 0 atom stereocenters. The Morgan fingerprint density at radius 3 is 2.79 bits per heavy atom. The molecule has 3 nitrogen and oxygen atoms in total. The fourth-order valence-electron chi connectivity index (χ4n) is 2.12. The Kier molecular flexibility index (Phi) is 4.77. The molecule has 0 fully saturated rings. The largest absolute Gasteiger partial charge is 0.313 e. The third-order valence-electron chi connectivity index (χ3n) is 3.24. The second kappa shape index (κ2) is 6.35. The molecule has 0 bridgehead atoms. The van der Waals surface area contributed by atoms with E-state index in [2.05, 4.69) is 65.3 Å². The van der Waals surface area contributed by atoms with Crippen LogP contribution in [0.5, 0.6) is 0 Å². The molecule has 19 heavy (non-hydrogen) atoms. The summed E-state index contributed by atoms with van der Waals surface area (Å²) in [5.41, 5.74) is 4.82. The Morgan fingerprint density at radius 1 is 1.32 bits per heavy atom. The summed E-state index contributed by atoms with van der Waals surface area (Å²) in [6, 6.07) is 6.27. The average Bonchev–Trinajstić information content (AvgIpc) is 2.72. The molecule has 1 aromatic carbocycles. The molecule has 0 aliphatic rings. The number of halogens is 1. The van der Waals surface area contributed by atoms with Crippen LogP contribution in [0.4, 0.5) is 0 Å².